The number of thioether (sulfide) groups is 2. The van der Waals surface area contributed by atoms with Crippen molar-refractivity contribution in [1.29, 1.82) is 0 Å². The molecule has 0 aliphatic heterocycles. The molecule has 0 aliphatic rings. The Morgan fingerprint density at radius 3 is 2.91 bits per heavy atom. The molecule has 1 aromatic carbocycles. The van der Waals surface area contributed by atoms with Gasteiger partial charge in [-0.05, 0) is 24.8 Å². The van der Waals surface area contributed by atoms with Crippen molar-refractivity contribution in [3.8, 4) is 0 Å². The van der Waals surface area contributed by atoms with Crippen LogP contribution in [0, 0.1) is 0 Å². The Balaban J connectivity index is 1.83. The van der Waals surface area contributed by atoms with Gasteiger partial charge in [0.2, 0.25) is 11.0 Å². The summed E-state index contributed by atoms with van der Waals surface area (Å²) in [5.41, 5.74) is 0.850. The number of aromatic nitrogens is 2. The Morgan fingerprint density at radius 1 is 1.32 bits per heavy atom. The van der Waals surface area contributed by atoms with E-state index < -0.39 is 0 Å². The third kappa shape index (κ3) is 5.19. The number of para-hydroxylation sites is 1. The number of anilines is 2. The van der Waals surface area contributed by atoms with Crippen molar-refractivity contribution in [2.24, 2.45) is 0 Å². The van der Waals surface area contributed by atoms with Crippen molar-refractivity contribution in [2.45, 2.75) is 22.6 Å². The number of amides is 1. The van der Waals surface area contributed by atoms with Crippen LogP contribution in [-0.2, 0) is 4.79 Å². The maximum atomic E-state index is 12.0. The van der Waals surface area contributed by atoms with Crippen molar-refractivity contribution < 1.29 is 4.79 Å². The first-order chi connectivity index (χ1) is 10.7. The number of benzene rings is 1. The molecule has 0 fully saturated rings. The first-order valence-electron chi connectivity index (χ1n) is 6.86. The van der Waals surface area contributed by atoms with E-state index in [4.69, 9.17) is 0 Å². The number of nitrogens with one attached hydrogen (secondary N) is 2. The first-order valence-corrected chi connectivity index (χ1v) is 9.88. The fourth-order valence-corrected chi connectivity index (χ4v) is 3.76. The smallest absolute Gasteiger partial charge is 0.234 e. The number of hydrogen-bond donors (Lipinski definition) is 2. The van der Waals surface area contributed by atoms with Gasteiger partial charge in [-0.3, -0.25) is 4.79 Å². The van der Waals surface area contributed by atoms with Gasteiger partial charge in [0.25, 0.3) is 0 Å². The maximum Gasteiger partial charge on any atom is 0.234 e. The van der Waals surface area contributed by atoms with Crippen LogP contribution in [0.15, 0.2) is 33.5 Å². The number of rotatable bonds is 8. The highest BCUT2D eigenvalue weighted by molar-refractivity contribution is 8.01. The number of nitrogens with zero attached hydrogens (tertiary/aromatic N) is 2. The molecule has 0 unspecified atom stereocenters. The Hall–Kier alpha value is -1.25. The lowest BCUT2D eigenvalue weighted by Gasteiger charge is -2.08. The first kappa shape index (κ1) is 17.1. The maximum absolute atomic E-state index is 12.0. The number of hydrogen-bond acceptors (Lipinski definition) is 7. The Bertz CT molecular complexity index is 618. The minimum Gasteiger partial charge on any atom is -0.360 e. The van der Waals surface area contributed by atoms with Crippen LogP contribution in [0.3, 0.4) is 0 Å². The fourth-order valence-electron chi connectivity index (χ4n) is 1.63. The molecule has 0 saturated carbocycles. The zero-order valence-corrected chi connectivity index (χ0v) is 14.9. The second-order valence-corrected chi connectivity index (χ2v) is 7.39. The van der Waals surface area contributed by atoms with Crippen LogP contribution < -0.4 is 10.6 Å². The molecule has 22 heavy (non-hydrogen) atoms. The normalized spacial score (nSPS) is 10.5. The molecule has 5 nitrogen and oxygen atoms in total. The van der Waals surface area contributed by atoms with Crippen LogP contribution in [0.4, 0.5) is 10.8 Å². The summed E-state index contributed by atoms with van der Waals surface area (Å²) < 4.78 is 0.798. The van der Waals surface area contributed by atoms with Gasteiger partial charge in [0, 0.05) is 11.4 Å². The molecule has 1 heterocycles. The van der Waals surface area contributed by atoms with E-state index in [1.54, 1.807) is 11.8 Å². The van der Waals surface area contributed by atoms with Gasteiger partial charge < -0.3 is 10.6 Å². The van der Waals surface area contributed by atoms with Gasteiger partial charge in [0.05, 0.1) is 11.4 Å². The average molecular weight is 355 g/mol. The van der Waals surface area contributed by atoms with E-state index in [9.17, 15) is 4.79 Å². The van der Waals surface area contributed by atoms with Crippen molar-refractivity contribution in [3.05, 3.63) is 24.3 Å². The molecule has 0 radical (unpaired) electrons. The molecule has 2 N–H and O–H groups in total. The minimum absolute atomic E-state index is 0.0373. The fraction of sp³-hybridized carbons (Fsp3) is 0.357. The highest BCUT2D eigenvalue weighted by Gasteiger charge is 2.09. The van der Waals surface area contributed by atoms with E-state index in [1.165, 1.54) is 23.1 Å². The summed E-state index contributed by atoms with van der Waals surface area (Å²) in [5.74, 6) is 0.287. The predicted octanol–water partition coefficient (Wildman–Crippen LogP) is 3.81. The van der Waals surface area contributed by atoms with Crippen LogP contribution in [-0.4, -0.2) is 34.7 Å². The third-order valence-electron chi connectivity index (χ3n) is 2.64. The SMILES string of the molecule is CCCNc1nnc(SCC(=O)Nc2ccccc2SC)s1. The van der Waals surface area contributed by atoms with Gasteiger partial charge in [0.15, 0.2) is 4.34 Å². The molecule has 0 aliphatic carbocycles. The van der Waals surface area contributed by atoms with Crippen molar-refractivity contribution in [2.75, 3.05) is 29.2 Å². The zero-order valence-electron chi connectivity index (χ0n) is 12.5. The molecule has 118 valence electrons. The molecule has 0 bridgehead atoms. The van der Waals surface area contributed by atoms with Crippen molar-refractivity contribution in [1.82, 2.24) is 10.2 Å². The highest BCUT2D eigenvalue weighted by Crippen LogP contribution is 2.27. The lowest BCUT2D eigenvalue weighted by molar-refractivity contribution is -0.113. The number of carbonyl (C=O) groups excluding carboxylic acids is 1. The summed E-state index contributed by atoms with van der Waals surface area (Å²) in [5, 5.41) is 15.0. The second kappa shape index (κ2) is 9.02. The molecule has 2 aromatic rings. The molecular formula is C14H18N4OS3. The van der Waals surface area contributed by atoms with Gasteiger partial charge >= 0.3 is 0 Å². The molecule has 1 amide bonds. The van der Waals surface area contributed by atoms with Crippen molar-refractivity contribution in [3.63, 3.8) is 0 Å². The summed E-state index contributed by atoms with van der Waals surface area (Å²) in [6.45, 7) is 2.98. The molecule has 1 aromatic heterocycles. The van der Waals surface area contributed by atoms with Gasteiger partial charge in [0.1, 0.15) is 0 Å². The third-order valence-corrected chi connectivity index (χ3v) is 5.45. The summed E-state index contributed by atoms with van der Waals surface area (Å²) >= 11 is 4.49. The van der Waals surface area contributed by atoms with Crippen LogP contribution in [0.1, 0.15) is 13.3 Å². The summed E-state index contributed by atoms with van der Waals surface area (Å²) in [7, 11) is 0. The zero-order chi connectivity index (χ0) is 15.8. The predicted molar refractivity (Wildman–Crippen MR) is 96.3 cm³/mol. The topological polar surface area (TPSA) is 66.9 Å². The average Bonchev–Trinajstić information content (AvgIpc) is 2.99. The Kier molecular flexibility index (Phi) is 7.01. The van der Waals surface area contributed by atoms with Gasteiger partial charge in [-0.1, -0.05) is 42.2 Å². The van der Waals surface area contributed by atoms with Crippen LogP contribution in [0.5, 0.6) is 0 Å². The molecular weight excluding hydrogens is 336 g/mol. The summed E-state index contributed by atoms with van der Waals surface area (Å²) in [4.78, 5) is 13.1. The van der Waals surface area contributed by atoms with E-state index >= 15 is 0 Å². The standard InChI is InChI=1S/C14H18N4OS3/c1-3-8-15-13-17-18-14(22-13)21-9-12(19)16-10-6-4-5-7-11(10)20-2/h4-7H,3,8-9H2,1-2H3,(H,15,17)(H,16,19). The molecule has 0 atom stereocenters. The summed E-state index contributed by atoms with van der Waals surface area (Å²) in [6, 6.07) is 7.77. The minimum atomic E-state index is -0.0373. The van der Waals surface area contributed by atoms with Crippen LogP contribution in [0.25, 0.3) is 0 Å². The van der Waals surface area contributed by atoms with Crippen molar-refractivity contribution >= 4 is 51.6 Å². The Labute approximate surface area is 142 Å². The van der Waals surface area contributed by atoms with E-state index in [1.807, 2.05) is 30.5 Å². The van der Waals surface area contributed by atoms with E-state index in [0.717, 1.165) is 33.0 Å². The lowest BCUT2D eigenvalue weighted by atomic mass is 10.3. The molecule has 0 spiro atoms. The van der Waals surface area contributed by atoms with E-state index in [2.05, 4.69) is 27.8 Å². The van der Waals surface area contributed by atoms with E-state index in [0.29, 0.717) is 5.75 Å². The van der Waals surface area contributed by atoms with Crippen LogP contribution in [0.2, 0.25) is 0 Å². The number of carbonyl (C=O) groups is 1. The van der Waals surface area contributed by atoms with E-state index in [-0.39, 0.29) is 5.91 Å². The largest absolute Gasteiger partial charge is 0.360 e. The van der Waals surface area contributed by atoms with Gasteiger partial charge in [-0.15, -0.1) is 22.0 Å². The lowest BCUT2D eigenvalue weighted by Crippen LogP contribution is -2.14. The quantitative estimate of drug-likeness (QED) is 0.703. The van der Waals surface area contributed by atoms with Gasteiger partial charge in [-0.25, -0.2) is 0 Å². The molecule has 8 heteroatoms. The second-order valence-electron chi connectivity index (χ2n) is 4.34. The highest BCUT2D eigenvalue weighted by atomic mass is 32.2. The molecule has 0 saturated heterocycles. The monoisotopic (exact) mass is 354 g/mol. The van der Waals surface area contributed by atoms with Gasteiger partial charge in [-0.2, -0.15) is 0 Å². The van der Waals surface area contributed by atoms with Crippen LogP contribution >= 0.6 is 34.9 Å². The Morgan fingerprint density at radius 2 is 2.14 bits per heavy atom. The molecule has 2 rings (SSSR count). The summed E-state index contributed by atoms with van der Waals surface area (Å²) in [6.07, 6.45) is 3.03.